The molecule has 0 aliphatic carbocycles. The molecule has 0 radical (unpaired) electrons. The molecule has 1 aromatic carbocycles. The van der Waals surface area contributed by atoms with Crippen LogP contribution in [0.4, 0.5) is 16.2 Å². The molecule has 0 bridgehead atoms. The first-order valence-electron chi connectivity index (χ1n) is 10.9. The van der Waals surface area contributed by atoms with Crippen LogP contribution in [0.2, 0.25) is 0 Å². The van der Waals surface area contributed by atoms with Crippen LogP contribution in [0, 0.1) is 0 Å². The van der Waals surface area contributed by atoms with Crippen LogP contribution in [0.1, 0.15) is 52.4 Å². The Kier molecular flexibility index (Phi) is 7.75. The van der Waals surface area contributed by atoms with Crippen molar-refractivity contribution in [3.05, 3.63) is 24.3 Å². The standard InChI is InChI=1S/C22H34N4O3/c1-3-19-7-4-5-13-26(19)21(27)16(2)24-17-9-11-18(12-10-17)25-22(28)23-15-20-8-6-14-29-20/h9-12,16,19-20,24H,3-8,13-15H2,1-2H3,(H2,23,25,28). The van der Waals surface area contributed by atoms with Gasteiger partial charge in [0, 0.05) is 37.1 Å². The van der Waals surface area contributed by atoms with Crippen molar-refractivity contribution in [1.82, 2.24) is 10.2 Å². The van der Waals surface area contributed by atoms with E-state index in [0.29, 0.717) is 18.3 Å². The third-order valence-corrected chi connectivity index (χ3v) is 5.79. The zero-order valence-electron chi connectivity index (χ0n) is 17.6. The number of rotatable bonds is 7. The van der Waals surface area contributed by atoms with Gasteiger partial charge < -0.3 is 25.6 Å². The molecule has 3 unspecified atom stereocenters. The molecule has 3 rings (SSSR count). The van der Waals surface area contributed by atoms with Crippen LogP contribution in [0.3, 0.4) is 0 Å². The SMILES string of the molecule is CCC1CCCCN1C(=O)C(C)Nc1ccc(NC(=O)NCC2CCCO2)cc1. The van der Waals surface area contributed by atoms with Crippen LogP contribution in [0.15, 0.2) is 24.3 Å². The largest absolute Gasteiger partial charge is 0.376 e. The van der Waals surface area contributed by atoms with Crippen molar-refractivity contribution in [2.45, 2.75) is 70.6 Å². The maximum Gasteiger partial charge on any atom is 0.319 e. The number of carbonyl (C=O) groups is 2. The third kappa shape index (κ3) is 6.10. The summed E-state index contributed by atoms with van der Waals surface area (Å²) in [4.78, 5) is 26.9. The van der Waals surface area contributed by atoms with Gasteiger partial charge in [-0.15, -0.1) is 0 Å². The molecular weight excluding hydrogens is 368 g/mol. The summed E-state index contributed by atoms with van der Waals surface area (Å²) in [5.74, 6) is 0.160. The highest BCUT2D eigenvalue weighted by Gasteiger charge is 2.28. The van der Waals surface area contributed by atoms with E-state index in [0.717, 1.165) is 50.9 Å². The molecule has 7 heteroatoms. The molecule has 1 aromatic rings. The molecule has 3 N–H and O–H groups in total. The minimum absolute atomic E-state index is 0.124. The Morgan fingerprint density at radius 3 is 2.59 bits per heavy atom. The van der Waals surface area contributed by atoms with Crippen molar-refractivity contribution >= 4 is 23.3 Å². The monoisotopic (exact) mass is 402 g/mol. The van der Waals surface area contributed by atoms with Gasteiger partial charge in [0.05, 0.1) is 6.10 Å². The van der Waals surface area contributed by atoms with Gasteiger partial charge in [0.1, 0.15) is 6.04 Å². The highest BCUT2D eigenvalue weighted by Crippen LogP contribution is 2.21. The highest BCUT2D eigenvalue weighted by molar-refractivity contribution is 5.89. The minimum atomic E-state index is -0.282. The summed E-state index contributed by atoms with van der Waals surface area (Å²) in [7, 11) is 0. The maximum atomic E-state index is 12.9. The predicted molar refractivity (Wildman–Crippen MR) is 115 cm³/mol. The number of benzene rings is 1. The molecule has 2 aliphatic rings. The van der Waals surface area contributed by atoms with E-state index in [1.54, 1.807) is 0 Å². The van der Waals surface area contributed by atoms with E-state index in [4.69, 9.17) is 4.74 Å². The van der Waals surface area contributed by atoms with Gasteiger partial charge in [-0.05, 0) is 69.7 Å². The number of amides is 3. The summed E-state index contributed by atoms with van der Waals surface area (Å²) >= 11 is 0. The highest BCUT2D eigenvalue weighted by atomic mass is 16.5. The third-order valence-electron chi connectivity index (χ3n) is 5.79. The average molecular weight is 403 g/mol. The number of urea groups is 1. The molecule has 29 heavy (non-hydrogen) atoms. The van der Waals surface area contributed by atoms with Gasteiger partial charge in [0.15, 0.2) is 0 Å². The number of hydrogen-bond donors (Lipinski definition) is 3. The maximum absolute atomic E-state index is 12.9. The number of hydrogen-bond acceptors (Lipinski definition) is 4. The van der Waals surface area contributed by atoms with Crippen LogP contribution in [0.25, 0.3) is 0 Å². The fourth-order valence-corrected chi connectivity index (χ4v) is 4.11. The number of nitrogens with one attached hydrogen (secondary N) is 3. The Morgan fingerprint density at radius 2 is 1.90 bits per heavy atom. The van der Waals surface area contributed by atoms with Crippen LogP contribution >= 0.6 is 0 Å². The van der Waals surface area contributed by atoms with Gasteiger partial charge in [-0.2, -0.15) is 0 Å². The van der Waals surface area contributed by atoms with Crippen molar-refractivity contribution in [3.63, 3.8) is 0 Å². The summed E-state index contributed by atoms with van der Waals surface area (Å²) in [6, 6.07) is 7.28. The molecule has 160 valence electrons. The van der Waals surface area contributed by atoms with Gasteiger partial charge in [0.2, 0.25) is 5.91 Å². The molecule has 2 fully saturated rings. The zero-order chi connectivity index (χ0) is 20.6. The lowest BCUT2D eigenvalue weighted by Gasteiger charge is -2.37. The number of piperidine rings is 1. The van der Waals surface area contributed by atoms with Crippen LogP contribution < -0.4 is 16.0 Å². The van der Waals surface area contributed by atoms with E-state index >= 15 is 0 Å². The molecule has 7 nitrogen and oxygen atoms in total. The van der Waals surface area contributed by atoms with E-state index in [-0.39, 0.29) is 24.1 Å². The summed E-state index contributed by atoms with van der Waals surface area (Å²) in [6.45, 7) is 6.22. The van der Waals surface area contributed by atoms with Crippen LogP contribution in [-0.4, -0.2) is 54.7 Å². The minimum Gasteiger partial charge on any atom is -0.376 e. The summed E-state index contributed by atoms with van der Waals surface area (Å²) in [5, 5.41) is 8.96. The first kappa shape index (κ1) is 21.4. The fourth-order valence-electron chi connectivity index (χ4n) is 4.11. The molecule has 2 saturated heterocycles. The Hall–Kier alpha value is -2.28. The molecule has 0 saturated carbocycles. The van der Waals surface area contributed by atoms with E-state index in [2.05, 4.69) is 22.9 Å². The lowest BCUT2D eigenvalue weighted by molar-refractivity contribution is -0.135. The van der Waals surface area contributed by atoms with E-state index in [9.17, 15) is 9.59 Å². The molecule has 0 aromatic heterocycles. The second-order valence-electron chi connectivity index (χ2n) is 8.00. The second-order valence-corrected chi connectivity index (χ2v) is 8.00. The van der Waals surface area contributed by atoms with Crippen LogP contribution in [-0.2, 0) is 9.53 Å². The first-order chi connectivity index (χ1) is 14.1. The summed E-state index contributed by atoms with van der Waals surface area (Å²) < 4.78 is 5.50. The Morgan fingerprint density at radius 1 is 1.14 bits per heavy atom. The molecule has 0 spiro atoms. The Bertz CT molecular complexity index is 673. The molecule has 2 heterocycles. The smallest absolute Gasteiger partial charge is 0.319 e. The quantitative estimate of drug-likeness (QED) is 0.651. The molecule has 2 aliphatic heterocycles. The Balaban J connectivity index is 1.46. The van der Waals surface area contributed by atoms with Crippen molar-refractivity contribution in [3.8, 4) is 0 Å². The van der Waals surface area contributed by atoms with Crippen molar-refractivity contribution in [2.75, 3.05) is 30.3 Å². The van der Waals surface area contributed by atoms with Gasteiger partial charge in [-0.3, -0.25) is 4.79 Å². The number of nitrogens with zero attached hydrogens (tertiary/aromatic N) is 1. The fraction of sp³-hybridized carbons (Fsp3) is 0.636. The van der Waals surface area contributed by atoms with E-state index in [1.165, 1.54) is 6.42 Å². The van der Waals surface area contributed by atoms with Gasteiger partial charge in [-0.1, -0.05) is 6.92 Å². The molecule has 3 atom stereocenters. The zero-order valence-corrected chi connectivity index (χ0v) is 17.6. The van der Waals surface area contributed by atoms with Gasteiger partial charge in [-0.25, -0.2) is 4.79 Å². The predicted octanol–water partition coefficient (Wildman–Crippen LogP) is 3.58. The molecule has 3 amide bonds. The summed E-state index contributed by atoms with van der Waals surface area (Å²) in [6.07, 6.45) is 6.58. The second kappa shape index (κ2) is 10.5. The molecular formula is C22H34N4O3. The average Bonchev–Trinajstić information content (AvgIpc) is 3.27. The van der Waals surface area contributed by atoms with Crippen molar-refractivity contribution in [1.29, 1.82) is 0 Å². The number of carbonyl (C=O) groups excluding carboxylic acids is 2. The normalized spacial score (nSPS) is 22.8. The van der Waals surface area contributed by atoms with E-state index < -0.39 is 0 Å². The number of ether oxygens (including phenoxy) is 1. The van der Waals surface area contributed by atoms with Crippen molar-refractivity contribution < 1.29 is 14.3 Å². The number of likely N-dealkylation sites (tertiary alicyclic amines) is 1. The van der Waals surface area contributed by atoms with Crippen molar-refractivity contribution in [2.24, 2.45) is 0 Å². The van der Waals surface area contributed by atoms with Gasteiger partial charge >= 0.3 is 6.03 Å². The topological polar surface area (TPSA) is 82.7 Å². The Labute approximate surface area is 173 Å². The van der Waals surface area contributed by atoms with Crippen LogP contribution in [0.5, 0.6) is 0 Å². The first-order valence-corrected chi connectivity index (χ1v) is 10.9. The van der Waals surface area contributed by atoms with E-state index in [1.807, 2.05) is 36.1 Å². The lowest BCUT2D eigenvalue weighted by atomic mass is 9.99. The summed E-state index contributed by atoms with van der Waals surface area (Å²) in [5.41, 5.74) is 1.57. The lowest BCUT2D eigenvalue weighted by Crippen LogP contribution is -2.49. The number of anilines is 2. The van der Waals surface area contributed by atoms with Gasteiger partial charge in [0.25, 0.3) is 0 Å².